The summed E-state index contributed by atoms with van der Waals surface area (Å²) in [4.78, 5) is 37.6. The molecule has 0 rings (SSSR count). The maximum absolute atomic E-state index is 13.0. The van der Waals surface area contributed by atoms with Crippen LogP contribution < -0.4 is 5.11 Å². The van der Waals surface area contributed by atoms with Gasteiger partial charge in [0.25, 0.3) is 0 Å². The fourth-order valence-corrected chi connectivity index (χ4v) is 11.6. The van der Waals surface area contributed by atoms with Gasteiger partial charge in [-0.2, -0.15) is 0 Å². The van der Waals surface area contributed by atoms with Gasteiger partial charge in [-0.15, -0.1) is 0 Å². The molecular weight excluding hydrogens is 1100 g/mol. The van der Waals surface area contributed by atoms with Gasteiger partial charge in [0.1, 0.15) is 13.2 Å². The molecule has 0 saturated carbocycles. The molecular formula is C80H149NO8. The van der Waals surface area contributed by atoms with Gasteiger partial charge in [0.15, 0.2) is 12.4 Å². The topological polar surface area (TPSA) is 111 Å². The third kappa shape index (κ3) is 72.5. The van der Waals surface area contributed by atoms with Crippen LogP contribution in [0.3, 0.4) is 0 Å². The molecule has 522 valence electrons. The first-order valence-electron chi connectivity index (χ1n) is 38.8. The van der Waals surface area contributed by atoms with E-state index in [4.69, 9.17) is 18.9 Å². The number of carbonyl (C=O) groups is 3. The molecule has 0 fully saturated rings. The molecule has 2 atom stereocenters. The summed E-state index contributed by atoms with van der Waals surface area (Å²) in [7, 11) is 5.95. The molecule has 0 spiro atoms. The number of likely N-dealkylation sites (N-methyl/N-ethyl adjacent to an activating group) is 1. The van der Waals surface area contributed by atoms with Gasteiger partial charge in [-0.05, 0) is 77.0 Å². The predicted molar refractivity (Wildman–Crippen MR) is 380 cm³/mol. The van der Waals surface area contributed by atoms with Gasteiger partial charge >= 0.3 is 11.9 Å². The lowest BCUT2D eigenvalue weighted by Crippen LogP contribution is -2.44. The number of aliphatic carboxylic acids is 1. The quantitative estimate of drug-likeness (QED) is 0.0195. The number of unbranched alkanes of at least 4 members (excludes halogenated alkanes) is 50. The summed E-state index contributed by atoms with van der Waals surface area (Å²) in [5.74, 6) is -2.25. The van der Waals surface area contributed by atoms with Gasteiger partial charge in [-0.3, -0.25) is 9.59 Å². The maximum Gasteiger partial charge on any atom is 0.306 e. The summed E-state index contributed by atoms with van der Waals surface area (Å²) in [5, 5.41) is 11.8. The molecule has 2 unspecified atom stereocenters. The molecule has 0 amide bonds. The van der Waals surface area contributed by atoms with Crippen LogP contribution in [0.25, 0.3) is 0 Å². The molecule has 0 N–H and O–H groups in total. The number of carboxylic acid groups (broad SMARTS) is 1. The summed E-state index contributed by atoms with van der Waals surface area (Å²) in [6, 6.07) is 0. The zero-order valence-electron chi connectivity index (χ0n) is 59.8. The van der Waals surface area contributed by atoms with E-state index >= 15 is 0 Å². The molecule has 9 heteroatoms. The average molecular weight is 1250 g/mol. The Labute approximate surface area is 553 Å². The van der Waals surface area contributed by atoms with Crippen LogP contribution in [0, 0.1) is 0 Å². The SMILES string of the molecule is CCCCCCC/C=C\C/C=C\C/C=C\CCCCCCCCCCCCCCCCCCCCC(=O)OC(COC(=O)CCCCCCCCCCCCCCCCCCCCC/C=C\CCCCCCCCCC)COC(OCC[N+](C)(C)C)C(=O)[O-]. The van der Waals surface area contributed by atoms with Crippen molar-refractivity contribution in [2.75, 3.05) is 47.5 Å². The number of rotatable bonds is 73. The summed E-state index contributed by atoms with van der Waals surface area (Å²) >= 11 is 0. The molecule has 0 aliphatic rings. The molecule has 0 bridgehead atoms. The van der Waals surface area contributed by atoms with Crippen LogP contribution in [0.2, 0.25) is 0 Å². The van der Waals surface area contributed by atoms with E-state index in [2.05, 4.69) is 62.5 Å². The average Bonchev–Trinajstić information content (AvgIpc) is 3.64. The Morgan fingerprint density at radius 2 is 0.607 bits per heavy atom. The molecule has 0 aromatic carbocycles. The summed E-state index contributed by atoms with van der Waals surface area (Å²) < 4.78 is 22.9. The zero-order chi connectivity index (χ0) is 64.7. The highest BCUT2D eigenvalue weighted by atomic mass is 16.7. The Bertz CT molecular complexity index is 1600. The minimum atomic E-state index is -1.62. The number of hydrogen-bond acceptors (Lipinski definition) is 8. The Balaban J connectivity index is 4.01. The van der Waals surface area contributed by atoms with Gasteiger partial charge in [0.05, 0.1) is 40.3 Å². The second kappa shape index (κ2) is 71.1. The van der Waals surface area contributed by atoms with Gasteiger partial charge < -0.3 is 33.3 Å². The minimum Gasteiger partial charge on any atom is -0.545 e. The van der Waals surface area contributed by atoms with Crippen LogP contribution in [0.1, 0.15) is 386 Å². The Kier molecular flexibility index (Phi) is 68.9. The lowest BCUT2D eigenvalue weighted by molar-refractivity contribution is -0.870. The Morgan fingerprint density at radius 3 is 0.910 bits per heavy atom. The van der Waals surface area contributed by atoms with Crippen LogP contribution >= 0.6 is 0 Å². The molecule has 9 nitrogen and oxygen atoms in total. The third-order valence-corrected chi connectivity index (χ3v) is 17.5. The van der Waals surface area contributed by atoms with E-state index < -0.39 is 24.3 Å². The summed E-state index contributed by atoms with van der Waals surface area (Å²) in [5.41, 5.74) is 0. The second-order valence-corrected chi connectivity index (χ2v) is 27.6. The van der Waals surface area contributed by atoms with E-state index in [1.165, 1.54) is 308 Å². The van der Waals surface area contributed by atoms with Crippen molar-refractivity contribution >= 4 is 17.9 Å². The molecule has 0 aromatic rings. The number of carbonyl (C=O) groups excluding carboxylic acids is 3. The van der Waals surface area contributed by atoms with Crippen molar-refractivity contribution in [1.29, 1.82) is 0 Å². The van der Waals surface area contributed by atoms with Crippen molar-refractivity contribution in [3.8, 4) is 0 Å². The number of esters is 2. The van der Waals surface area contributed by atoms with Gasteiger partial charge in [0, 0.05) is 12.8 Å². The molecule has 0 aliphatic carbocycles. The molecule has 0 aromatic heterocycles. The zero-order valence-corrected chi connectivity index (χ0v) is 59.8. The second-order valence-electron chi connectivity index (χ2n) is 27.6. The number of quaternary nitrogens is 1. The van der Waals surface area contributed by atoms with Crippen molar-refractivity contribution in [2.45, 2.75) is 399 Å². The first kappa shape index (κ1) is 86.2. The van der Waals surface area contributed by atoms with Crippen molar-refractivity contribution in [3.05, 3.63) is 48.6 Å². The van der Waals surface area contributed by atoms with Gasteiger partial charge in [-0.25, -0.2) is 0 Å². The molecule has 0 saturated heterocycles. The molecule has 89 heavy (non-hydrogen) atoms. The number of hydrogen-bond donors (Lipinski definition) is 0. The van der Waals surface area contributed by atoms with E-state index in [9.17, 15) is 19.5 Å². The van der Waals surface area contributed by atoms with Crippen molar-refractivity contribution in [2.24, 2.45) is 0 Å². The van der Waals surface area contributed by atoms with Crippen LogP contribution in [0.5, 0.6) is 0 Å². The fraction of sp³-hybridized carbons (Fsp3) is 0.863. The first-order valence-corrected chi connectivity index (χ1v) is 38.8. The van der Waals surface area contributed by atoms with Crippen LogP contribution in [-0.2, 0) is 33.3 Å². The molecule has 0 radical (unpaired) electrons. The Morgan fingerprint density at radius 1 is 0.337 bits per heavy atom. The first-order chi connectivity index (χ1) is 43.6. The van der Waals surface area contributed by atoms with Crippen LogP contribution in [0.4, 0.5) is 0 Å². The summed E-state index contributed by atoms with van der Waals surface area (Å²) in [6.45, 7) is 4.80. The number of allylic oxidation sites excluding steroid dienone is 8. The smallest absolute Gasteiger partial charge is 0.306 e. The largest absolute Gasteiger partial charge is 0.545 e. The van der Waals surface area contributed by atoms with E-state index in [1.54, 1.807) is 0 Å². The highest BCUT2D eigenvalue weighted by molar-refractivity contribution is 5.70. The number of carboxylic acids is 1. The minimum absolute atomic E-state index is 0.150. The maximum atomic E-state index is 13.0. The highest BCUT2D eigenvalue weighted by Crippen LogP contribution is 2.19. The van der Waals surface area contributed by atoms with E-state index in [-0.39, 0.29) is 32.2 Å². The number of nitrogens with zero attached hydrogens (tertiary/aromatic N) is 1. The fourth-order valence-electron chi connectivity index (χ4n) is 11.6. The van der Waals surface area contributed by atoms with E-state index in [0.717, 1.165) is 44.9 Å². The standard InChI is InChI=1S/C80H149NO8/c1-6-8-10-12-14-16-18-20-22-24-26-28-30-32-34-36-38-39-41-43-45-47-49-51-53-55-57-59-61-63-65-67-69-71-78(83)89-76(75-88-80(79(84)85)86-73-72-81(3,4)5)74-87-77(82)70-68-66-64-62-60-58-56-54-52-50-48-46-44-42-40-37-35-33-31-29-27-25-23-21-19-17-15-13-11-9-7-2/h18,20,24-27,30,32,76,80H,6-17,19,21-23,28-29,31,33-75H2,1-5H3/b20-18-,26-24-,27-25-,32-30-. The summed E-state index contributed by atoms with van der Waals surface area (Å²) in [6.07, 6.45) is 89.4. The van der Waals surface area contributed by atoms with Crippen LogP contribution in [0.15, 0.2) is 48.6 Å². The number of ether oxygens (including phenoxy) is 4. The van der Waals surface area contributed by atoms with Gasteiger partial charge in [0.2, 0.25) is 0 Å². The predicted octanol–water partition coefficient (Wildman–Crippen LogP) is 23.1. The van der Waals surface area contributed by atoms with E-state index in [0.29, 0.717) is 23.9 Å². The lowest BCUT2D eigenvalue weighted by atomic mass is 10.0. The molecule has 0 heterocycles. The lowest BCUT2D eigenvalue weighted by Gasteiger charge is -2.26. The normalized spacial score (nSPS) is 12.9. The monoisotopic (exact) mass is 1250 g/mol. The molecule has 0 aliphatic heterocycles. The van der Waals surface area contributed by atoms with Gasteiger partial charge in [-0.1, -0.05) is 345 Å². The van der Waals surface area contributed by atoms with E-state index in [1.807, 2.05) is 21.1 Å². The van der Waals surface area contributed by atoms with Crippen molar-refractivity contribution in [3.63, 3.8) is 0 Å². The van der Waals surface area contributed by atoms with Crippen molar-refractivity contribution < 1.29 is 42.9 Å². The van der Waals surface area contributed by atoms with Crippen LogP contribution in [-0.4, -0.2) is 82.3 Å². The highest BCUT2D eigenvalue weighted by Gasteiger charge is 2.22. The third-order valence-electron chi connectivity index (χ3n) is 17.5. The Hall–Kier alpha value is -2.75. The van der Waals surface area contributed by atoms with Crippen molar-refractivity contribution in [1.82, 2.24) is 0 Å².